The summed E-state index contributed by atoms with van der Waals surface area (Å²) in [6, 6.07) is 4.41. The zero-order valence-corrected chi connectivity index (χ0v) is 21.4. The van der Waals surface area contributed by atoms with Crippen molar-refractivity contribution in [2.75, 3.05) is 13.2 Å². The molecule has 2 aliphatic rings. The Labute approximate surface area is 201 Å². The molecule has 33 heavy (non-hydrogen) atoms. The molecule has 2 amide bonds. The van der Waals surface area contributed by atoms with E-state index in [2.05, 4.69) is 22.9 Å². The Morgan fingerprint density at radius 3 is 2.64 bits per heavy atom. The largest absolute Gasteiger partial charge is 0.379 e. The van der Waals surface area contributed by atoms with Gasteiger partial charge >= 0.3 is 0 Å². The smallest absolute Gasteiger partial charge is 0.271 e. The number of nitrogens with zero attached hydrogens (tertiary/aromatic N) is 2. The Morgan fingerprint density at radius 1 is 1.24 bits per heavy atom. The molecular weight excluding hydrogens is 434 g/mol. The summed E-state index contributed by atoms with van der Waals surface area (Å²) in [5.74, 6) is -0.0725. The van der Waals surface area contributed by atoms with Crippen LogP contribution in [-0.4, -0.2) is 52.1 Å². The molecule has 1 saturated carbocycles. The van der Waals surface area contributed by atoms with Crippen molar-refractivity contribution in [3.8, 4) is 0 Å². The molecule has 0 saturated heterocycles. The Morgan fingerprint density at radius 2 is 1.97 bits per heavy atom. The van der Waals surface area contributed by atoms with E-state index in [-0.39, 0.29) is 24.0 Å². The zero-order valence-electron chi connectivity index (χ0n) is 20.6. The van der Waals surface area contributed by atoms with Gasteiger partial charge in [0.2, 0.25) is 5.91 Å². The Bertz CT molecular complexity index is 986. The van der Waals surface area contributed by atoms with Gasteiger partial charge < -0.3 is 19.5 Å². The summed E-state index contributed by atoms with van der Waals surface area (Å²) in [5, 5.41) is 3.34. The van der Waals surface area contributed by atoms with Crippen molar-refractivity contribution in [2.24, 2.45) is 0 Å². The first-order valence-corrected chi connectivity index (χ1v) is 13.5. The van der Waals surface area contributed by atoms with Crippen LogP contribution in [-0.2, 0) is 22.5 Å². The predicted molar refractivity (Wildman–Crippen MR) is 134 cm³/mol. The topological polar surface area (TPSA) is 63.6 Å². The third kappa shape index (κ3) is 4.99. The van der Waals surface area contributed by atoms with Crippen molar-refractivity contribution in [1.29, 1.82) is 0 Å². The van der Waals surface area contributed by atoms with Gasteiger partial charge in [-0.3, -0.25) is 9.59 Å². The van der Waals surface area contributed by atoms with E-state index in [1.807, 2.05) is 31.7 Å². The van der Waals surface area contributed by atoms with Gasteiger partial charge in [0.1, 0.15) is 11.2 Å². The van der Waals surface area contributed by atoms with E-state index in [0.717, 1.165) is 42.3 Å². The van der Waals surface area contributed by atoms with Crippen molar-refractivity contribution >= 4 is 33.4 Å². The maximum absolute atomic E-state index is 13.8. The van der Waals surface area contributed by atoms with Gasteiger partial charge in [0.05, 0.1) is 22.9 Å². The molecule has 1 aliphatic heterocycles. The summed E-state index contributed by atoms with van der Waals surface area (Å²) in [4.78, 5) is 30.6. The highest BCUT2D eigenvalue weighted by Crippen LogP contribution is 2.36. The Kier molecular flexibility index (Phi) is 7.49. The second-order valence-corrected chi connectivity index (χ2v) is 11.3. The lowest BCUT2D eigenvalue weighted by Crippen LogP contribution is -2.65. The van der Waals surface area contributed by atoms with Crippen LogP contribution in [0.15, 0.2) is 12.1 Å². The van der Waals surface area contributed by atoms with E-state index in [9.17, 15) is 9.59 Å². The van der Waals surface area contributed by atoms with Crippen molar-refractivity contribution in [3.05, 3.63) is 22.7 Å². The van der Waals surface area contributed by atoms with Gasteiger partial charge in [-0.1, -0.05) is 32.6 Å². The molecule has 1 atom stereocenters. The van der Waals surface area contributed by atoms with Crippen LogP contribution < -0.4 is 5.32 Å². The number of hydrogen-bond acceptors (Lipinski definition) is 4. The molecule has 1 fully saturated rings. The predicted octanol–water partition coefficient (Wildman–Crippen LogP) is 5.13. The maximum atomic E-state index is 13.8. The van der Waals surface area contributed by atoms with Crippen LogP contribution in [0.1, 0.15) is 88.0 Å². The Balaban J connectivity index is 1.62. The highest BCUT2D eigenvalue weighted by molar-refractivity contribution is 7.19. The van der Waals surface area contributed by atoms with Gasteiger partial charge in [-0.15, -0.1) is 11.3 Å². The molecule has 182 valence electrons. The monoisotopic (exact) mass is 473 g/mol. The van der Waals surface area contributed by atoms with Crippen molar-refractivity contribution in [1.82, 2.24) is 14.8 Å². The zero-order chi connectivity index (χ0) is 23.6. The van der Waals surface area contributed by atoms with Gasteiger partial charge in [0.25, 0.3) is 5.91 Å². The van der Waals surface area contributed by atoms with Gasteiger partial charge in [0, 0.05) is 24.1 Å². The molecule has 0 unspecified atom stereocenters. The van der Waals surface area contributed by atoms with Gasteiger partial charge in [-0.25, -0.2) is 0 Å². The number of carbonyl (C=O) groups is 2. The normalized spacial score (nSPS) is 22.1. The molecule has 0 spiro atoms. The minimum Gasteiger partial charge on any atom is -0.379 e. The van der Waals surface area contributed by atoms with Crippen molar-refractivity contribution in [2.45, 2.75) is 103 Å². The lowest BCUT2D eigenvalue weighted by atomic mass is 9.93. The van der Waals surface area contributed by atoms with Crippen LogP contribution in [0.3, 0.4) is 0 Å². The fourth-order valence-electron chi connectivity index (χ4n) is 5.22. The summed E-state index contributed by atoms with van der Waals surface area (Å²) in [6.45, 7) is 9.71. The first kappa shape index (κ1) is 24.3. The first-order chi connectivity index (χ1) is 15.8. The van der Waals surface area contributed by atoms with Crippen molar-refractivity contribution < 1.29 is 14.3 Å². The molecule has 2 aromatic rings. The molecule has 0 radical (unpaired) electrons. The Hall–Kier alpha value is -1.86. The van der Waals surface area contributed by atoms with Crippen LogP contribution >= 0.6 is 11.3 Å². The first-order valence-electron chi connectivity index (χ1n) is 12.7. The SMILES string of the molecule is CCc1cc2c(cc3n2C[C@](C)(C(=O)NC2CCCCCC2)N(CCCOC(C)C)C3=O)s1. The minimum atomic E-state index is -0.922. The number of aryl methyl sites for hydroxylation is 1. The quantitative estimate of drug-likeness (QED) is 0.427. The van der Waals surface area contributed by atoms with Crippen LogP contribution in [0.25, 0.3) is 10.2 Å². The average Bonchev–Trinajstić information content (AvgIpc) is 3.22. The van der Waals surface area contributed by atoms with Gasteiger partial charge in [-0.2, -0.15) is 0 Å². The number of aromatic nitrogens is 1. The number of ether oxygens (including phenoxy) is 1. The molecule has 6 nitrogen and oxygen atoms in total. The third-order valence-corrected chi connectivity index (χ3v) is 8.39. The number of amides is 2. The van der Waals surface area contributed by atoms with E-state index in [0.29, 0.717) is 31.8 Å². The van der Waals surface area contributed by atoms with E-state index < -0.39 is 5.54 Å². The molecular formula is C26H39N3O3S. The molecule has 4 rings (SSSR count). The van der Waals surface area contributed by atoms with Crippen molar-refractivity contribution in [3.63, 3.8) is 0 Å². The lowest BCUT2D eigenvalue weighted by molar-refractivity contribution is -0.133. The number of hydrogen-bond donors (Lipinski definition) is 1. The minimum absolute atomic E-state index is 0.0222. The lowest BCUT2D eigenvalue weighted by Gasteiger charge is -2.44. The second-order valence-electron chi connectivity index (χ2n) is 10.1. The molecule has 0 aromatic carbocycles. The van der Waals surface area contributed by atoms with E-state index in [1.54, 1.807) is 11.3 Å². The summed E-state index contributed by atoms with van der Waals surface area (Å²) >= 11 is 1.75. The van der Waals surface area contributed by atoms with Crippen LogP contribution in [0, 0.1) is 0 Å². The molecule has 7 heteroatoms. The van der Waals surface area contributed by atoms with Gasteiger partial charge in [-0.05, 0) is 58.6 Å². The summed E-state index contributed by atoms with van der Waals surface area (Å²) in [5.41, 5.74) is 0.856. The number of carbonyl (C=O) groups excluding carboxylic acids is 2. The van der Waals surface area contributed by atoms with E-state index in [4.69, 9.17) is 4.74 Å². The maximum Gasteiger partial charge on any atom is 0.271 e. The second kappa shape index (κ2) is 10.2. The third-order valence-electron chi connectivity index (χ3n) is 7.17. The summed E-state index contributed by atoms with van der Waals surface area (Å²) in [7, 11) is 0. The summed E-state index contributed by atoms with van der Waals surface area (Å²) < 4.78 is 8.94. The molecule has 1 N–H and O–H groups in total. The number of thiophene rings is 1. The van der Waals surface area contributed by atoms with Crippen LogP contribution in [0.5, 0.6) is 0 Å². The van der Waals surface area contributed by atoms with Gasteiger partial charge in [0.15, 0.2) is 0 Å². The molecule has 3 heterocycles. The van der Waals surface area contributed by atoms with Crippen LogP contribution in [0.4, 0.5) is 0 Å². The standard InChI is InChI=1S/C26H39N3O3S/c1-5-20-15-21-23(33-20)16-22-24(30)29(13-10-14-32-18(2)3)26(4,17-28(21)22)25(31)27-19-11-8-6-7-9-12-19/h15-16,18-19H,5-14,17H2,1-4H3,(H,27,31)/t26-/m1/s1. The average molecular weight is 474 g/mol. The molecule has 0 bridgehead atoms. The molecule has 2 aromatic heterocycles. The van der Waals surface area contributed by atoms with E-state index in [1.165, 1.54) is 17.7 Å². The van der Waals surface area contributed by atoms with Crippen LogP contribution in [0.2, 0.25) is 0 Å². The molecule has 1 aliphatic carbocycles. The highest BCUT2D eigenvalue weighted by atomic mass is 32.1. The number of rotatable bonds is 8. The number of fused-ring (bicyclic) bond motifs is 3. The fraction of sp³-hybridized carbons (Fsp3) is 0.692. The van der Waals surface area contributed by atoms with E-state index >= 15 is 0 Å². The number of nitrogens with one attached hydrogen (secondary N) is 1. The fourth-order valence-corrected chi connectivity index (χ4v) is 6.26. The highest BCUT2D eigenvalue weighted by Gasteiger charge is 2.48. The summed E-state index contributed by atoms with van der Waals surface area (Å²) in [6.07, 6.45) is 8.71.